The van der Waals surface area contributed by atoms with Gasteiger partial charge in [0.15, 0.2) is 10.9 Å². The summed E-state index contributed by atoms with van der Waals surface area (Å²) >= 11 is 1.46. The van der Waals surface area contributed by atoms with Gasteiger partial charge in [-0.3, -0.25) is 9.36 Å². The molecule has 0 aliphatic rings. The van der Waals surface area contributed by atoms with Crippen molar-refractivity contribution in [1.29, 1.82) is 0 Å². The average molecular weight is 401 g/mol. The fourth-order valence-electron chi connectivity index (χ4n) is 2.62. The summed E-state index contributed by atoms with van der Waals surface area (Å²) in [5.41, 5.74) is 2.44. The van der Waals surface area contributed by atoms with Crippen molar-refractivity contribution < 1.29 is 13.9 Å². The molecule has 2 heterocycles. The highest BCUT2D eigenvalue weighted by Gasteiger charge is 2.15. The Morgan fingerprint density at radius 1 is 1.32 bits per heavy atom. The maximum absolute atomic E-state index is 12.1. The van der Waals surface area contributed by atoms with Gasteiger partial charge in [0.2, 0.25) is 5.89 Å². The summed E-state index contributed by atoms with van der Waals surface area (Å²) in [6, 6.07) is 8.15. The molecule has 0 radical (unpaired) electrons. The molecule has 148 valence electrons. The van der Waals surface area contributed by atoms with Crippen LogP contribution in [0.5, 0.6) is 0 Å². The van der Waals surface area contributed by atoms with Crippen LogP contribution in [0.2, 0.25) is 0 Å². The van der Waals surface area contributed by atoms with E-state index in [1.807, 2.05) is 36.6 Å². The number of methoxy groups -OCH3 is 1. The molecule has 9 heteroatoms. The Balaban J connectivity index is 1.63. The second-order valence-electron chi connectivity index (χ2n) is 6.22. The standard InChI is InChI=1S/C19H23N5O3S/c1-13-6-4-7-15(10-13)24-14(2)22-23-19(24)28-12-17-21-16(11-27-17)18(25)20-8-5-9-26-3/h4,6-7,10-11H,5,8-9,12H2,1-3H3,(H,20,25). The van der Waals surface area contributed by atoms with Gasteiger partial charge in [0, 0.05) is 25.9 Å². The minimum absolute atomic E-state index is 0.255. The lowest BCUT2D eigenvalue weighted by Crippen LogP contribution is -2.25. The summed E-state index contributed by atoms with van der Waals surface area (Å²) in [5.74, 6) is 1.45. The molecule has 0 unspecified atom stereocenters. The molecule has 0 fully saturated rings. The maximum Gasteiger partial charge on any atom is 0.273 e. The van der Waals surface area contributed by atoms with Gasteiger partial charge in [-0.2, -0.15) is 0 Å². The smallest absolute Gasteiger partial charge is 0.273 e. The van der Waals surface area contributed by atoms with E-state index < -0.39 is 0 Å². The fourth-order valence-corrected chi connectivity index (χ4v) is 3.47. The van der Waals surface area contributed by atoms with Gasteiger partial charge in [-0.1, -0.05) is 23.9 Å². The quantitative estimate of drug-likeness (QED) is 0.435. The van der Waals surface area contributed by atoms with E-state index in [1.165, 1.54) is 18.0 Å². The van der Waals surface area contributed by atoms with Crippen molar-refractivity contribution in [1.82, 2.24) is 25.1 Å². The molecule has 1 amide bonds. The average Bonchev–Trinajstić information content (AvgIpc) is 3.30. The van der Waals surface area contributed by atoms with E-state index in [2.05, 4.69) is 26.6 Å². The number of oxazole rings is 1. The Bertz CT molecular complexity index is 937. The van der Waals surface area contributed by atoms with Gasteiger partial charge in [-0.05, 0) is 38.0 Å². The van der Waals surface area contributed by atoms with Crippen LogP contribution in [0.1, 0.15) is 34.2 Å². The Kier molecular flexibility index (Phi) is 6.83. The number of benzene rings is 1. The molecule has 0 bridgehead atoms. The molecule has 0 aliphatic heterocycles. The molecule has 1 N–H and O–H groups in total. The van der Waals surface area contributed by atoms with Gasteiger partial charge in [-0.25, -0.2) is 4.98 Å². The van der Waals surface area contributed by atoms with E-state index in [4.69, 9.17) is 9.15 Å². The Labute approximate surface area is 167 Å². The Morgan fingerprint density at radius 3 is 2.96 bits per heavy atom. The summed E-state index contributed by atoms with van der Waals surface area (Å²) in [6.07, 6.45) is 2.12. The van der Waals surface area contributed by atoms with Crippen molar-refractivity contribution >= 4 is 17.7 Å². The van der Waals surface area contributed by atoms with Crippen molar-refractivity contribution in [3.8, 4) is 5.69 Å². The van der Waals surface area contributed by atoms with E-state index in [0.717, 1.165) is 28.7 Å². The number of rotatable bonds is 9. The molecule has 3 aromatic rings. The predicted octanol–water partition coefficient (Wildman–Crippen LogP) is 2.93. The molecular formula is C19H23N5O3S. The lowest BCUT2D eigenvalue weighted by atomic mass is 10.2. The zero-order valence-electron chi connectivity index (χ0n) is 16.1. The highest BCUT2D eigenvalue weighted by atomic mass is 32.2. The lowest BCUT2D eigenvalue weighted by molar-refractivity contribution is 0.0943. The number of ether oxygens (including phenoxy) is 1. The summed E-state index contributed by atoms with van der Waals surface area (Å²) < 4.78 is 12.4. The Morgan fingerprint density at radius 2 is 2.18 bits per heavy atom. The van der Waals surface area contributed by atoms with Crippen LogP contribution in [-0.2, 0) is 10.5 Å². The minimum Gasteiger partial charge on any atom is -0.447 e. The molecule has 0 aliphatic carbocycles. The monoisotopic (exact) mass is 401 g/mol. The van der Waals surface area contributed by atoms with Crippen LogP contribution in [0.25, 0.3) is 5.69 Å². The molecule has 0 atom stereocenters. The topological polar surface area (TPSA) is 95.1 Å². The predicted molar refractivity (Wildman–Crippen MR) is 106 cm³/mol. The number of hydrogen-bond acceptors (Lipinski definition) is 7. The number of amides is 1. The molecule has 3 rings (SSSR count). The van der Waals surface area contributed by atoms with E-state index in [1.54, 1.807) is 7.11 Å². The SMILES string of the molecule is COCCCNC(=O)c1coc(CSc2nnc(C)n2-c2cccc(C)c2)n1. The number of nitrogens with one attached hydrogen (secondary N) is 1. The third kappa shape index (κ3) is 4.99. The van der Waals surface area contributed by atoms with Crippen LogP contribution in [0.15, 0.2) is 40.1 Å². The first-order valence-electron chi connectivity index (χ1n) is 8.92. The highest BCUT2D eigenvalue weighted by Crippen LogP contribution is 2.25. The van der Waals surface area contributed by atoms with Gasteiger partial charge in [-0.15, -0.1) is 10.2 Å². The van der Waals surface area contributed by atoms with Crippen molar-refractivity contribution in [2.24, 2.45) is 0 Å². The second kappa shape index (κ2) is 9.52. The molecule has 0 saturated heterocycles. The number of carbonyl (C=O) groups is 1. The second-order valence-corrected chi connectivity index (χ2v) is 7.16. The number of hydrogen-bond donors (Lipinski definition) is 1. The molecule has 2 aromatic heterocycles. The maximum atomic E-state index is 12.1. The first kappa shape index (κ1) is 20.1. The number of thioether (sulfide) groups is 1. The van der Waals surface area contributed by atoms with E-state index in [9.17, 15) is 4.79 Å². The van der Waals surface area contributed by atoms with Crippen LogP contribution >= 0.6 is 11.8 Å². The first-order valence-corrected chi connectivity index (χ1v) is 9.90. The van der Waals surface area contributed by atoms with Gasteiger partial charge >= 0.3 is 0 Å². The summed E-state index contributed by atoms with van der Waals surface area (Å²) in [7, 11) is 1.63. The third-order valence-electron chi connectivity index (χ3n) is 3.97. The molecular weight excluding hydrogens is 378 g/mol. The van der Waals surface area contributed by atoms with Crippen LogP contribution in [0, 0.1) is 13.8 Å². The molecule has 1 aromatic carbocycles. The third-order valence-corrected chi connectivity index (χ3v) is 4.89. The number of carbonyl (C=O) groups excluding carboxylic acids is 1. The summed E-state index contributed by atoms with van der Waals surface area (Å²) in [4.78, 5) is 16.3. The van der Waals surface area contributed by atoms with Gasteiger partial charge < -0.3 is 14.5 Å². The van der Waals surface area contributed by atoms with E-state index >= 15 is 0 Å². The largest absolute Gasteiger partial charge is 0.447 e. The first-order chi connectivity index (χ1) is 13.6. The molecule has 0 saturated carbocycles. The number of aryl methyl sites for hydroxylation is 2. The van der Waals surface area contributed by atoms with Crippen molar-refractivity contribution in [2.75, 3.05) is 20.3 Å². The van der Waals surface area contributed by atoms with Gasteiger partial charge in [0.05, 0.1) is 5.75 Å². The van der Waals surface area contributed by atoms with Crippen molar-refractivity contribution in [3.63, 3.8) is 0 Å². The minimum atomic E-state index is -0.255. The van der Waals surface area contributed by atoms with Crippen LogP contribution in [0.4, 0.5) is 0 Å². The fraction of sp³-hybridized carbons (Fsp3) is 0.368. The number of aromatic nitrogens is 4. The highest BCUT2D eigenvalue weighted by molar-refractivity contribution is 7.98. The van der Waals surface area contributed by atoms with E-state index in [0.29, 0.717) is 24.8 Å². The Hall–Kier alpha value is -2.65. The van der Waals surface area contributed by atoms with Crippen molar-refractivity contribution in [2.45, 2.75) is 31.2 Å². The van der Waals surface area contributed by atoms with E-state index in [-0.39, 0.29) is 11.6 Å². The number of nitrogens with zero attached hydrogens (tertiary/aromatic N) is 4. The van der Waals surface area contributed by atoms with Gasteiger partial charge in [0.1, 0.15) is 12.1 Å². The van der Waals surface area contributed by atoms with Crippen LogP contribution < -0.4 is 5.32 Å². The lowest BCUT2D eigenvalue weighted by Gasteiger charge is -2.08. The summed E-state index contributed by atoms with van der Waals surface area (Å²) in [5, 5.41) is 12.0. The zero-order valence-corrected chi connectivity index (χ0v) is 17.0. The van der Waals surface area contributed by atoms with Crippen molar-refractivity contribution in [3.05, 3.63) is 53.5 Å². The van der Waals surface area contributed by atoms with Gasteiger partial charge in [0.25, 0.3) is 5.91 Å². The van der Waals surface area contributed by atoms with Crippen LogP contribution in [-0.4, -0.2) is 45.9 Å². The molecule has 28 heavy (non-hydrogen) atoms. The summed E-state index contributed by atoms with van der Waals surface area (Å²) in [6.45, 7) is 5.09. The van der Waals surface area contributed by atoms with Crippen LogP contribution in [0.3, 0.4) is 0 Å². The molecule has 0 spiro atoms. The molecule has 8 nitrogen and oxygen atoms in total. The zero-order chi connectivity index (χ0) is 19.9. The normalized spacial score (nSPS) is 11.0.